The lowest BCUT2D eigenvalue weighted by Gasteiger charge is -2.40. The van der Waals surface area contributed by atoms with Gasteiger partial charge in [0.2, 0.25) is 0 Å². The van der Waals surface area contributed by atoms with E-state index in [-0.39, 0.29) is 29.3 Å². The fourth-order valence-corrected chi connectivity index (χ4v) is 5.65. The molecule has 0 saturated carbocycles. The maximum Gasteiger partial charge on any atom is 0.337 e. The van der Waals surface area contributed by atoms with Crippen molar-refractivity contribution in [2.24, 2.45) is 5.92 Å². The highest BCUT2D eigenvalue weighted by Crippen LogP contribution is 2.36. The van der Waals surface area contributed by atoms with Crippen LogP contribution in [0.4, 0.5) is 10.2 Å². The SMILES string of the molecule is Cc1cc(C(=O)O)cnc1N1CCC(CNC(C)c2cccc3ccccc23)C(c2ccccc2F)C1. The van der Waals surface area contributed by atoms with Gasteiger partial charge in [0.1, 0.15) is 11.6 Å². The maximum absolute atomic E-state index is 15.0. The molecule has 0 radical (unpaired) electrons. The lowest BCUT2D eigenvalue weighted by molar-refractivity contribution is 0.0696. The number of aromatic nitrogens is 1. The van der Waals surface area contributed by atoms with E-state index < -0.39 is 5.97 Å². The third-order valence-electron chi connectivity index (χ3n) is 7.63. The molecule has 2 N–H and O–H groups in total. The lowest BCUT2D eigenvalue weighted by Crippen LogP contribution is -2.44. The molecule has 3 atom stereocenters. The van der Waals surface area contributed by atoms with E-state index in [2.05, 4.69) is 64.6 Å². The van der Waals surface area contributed by atoms with Crippen LogP contribution >= 0.6 is 0 Å². The zero-order valence-electron chi connectivity index (χ0n) is 21.2. The molecule has 5 nitrogen and oxygen atoms in total. The van der Waals surface area contributed by atoms with E-state index in [1.54, 1.807) is 12.1 Å². The Kier molecular flexibility index (Phi) is 7.19. The van der Waals surface area contributed by atoms with Gasteiger partial charge in [-0.25, -0.2) is 14.2 Å². The van der Waals surface area contributed by atoms with E-state index in [1.807, 2.05) is 19.1 Å². The lowest BCUT2D eigenvalue weighted by atomic mass is 9.80. The first-order valence-corrected chi connectivity index (χ1v) is 12.8. The first-order valence-electron chi connectivity index (χ1n) is 12.8. The van der Waals surface area contributed by atoms with E-state index in [0.29, 0.717) is 6.54 Å². The van der Waals surface area contributed by atoms with Crippen molar-refractivity contribution in [3.8, 4) is 0 Å². The molecule has 190 valence electrons. The topological polar surface area (TPSA) is 65.5 Å². The molecule has 3 aromatic carbocycles. The number of pyridine rings is 1. The minimum absolute atomic E-state index is 0.0254. The predicted molar refractivity (Wildman–Crippen MR) is 146 cm³/mol. The van der Waals surface area contributed by atoms with Crippen LogP contribution in [0, 0.1) is 18.7 Å². The summed E-state index contributed by atoms with van der Waals surface area (Å²) in [5.41, 5.74) is 2.97. The molecular formula is C31H32FN3O2. The number of piperidine rings is 1. The Morgan fingerprint density at radius 1 is 1.14 bits per heavy atom. The summed E-state index contributed by atoms with van der Waals surface area (Å²) in [7, 11) is 0. The number of carboxylic acid groups (broad SMARTS) is 1. The number of fused-ring (bicyclic) bond motifs is 1. The number of aromatic carboxylic acids is 1. The van der Waals surface area contributed by atoms with Crippen LogP contribution in [0.15, 0.2) is 79.0 Å². The summed E-state index contributed by atoms with van der Waals surface area (Å²) in [6.45, 7) is 6.23. The Bertz CT molecular complexity index is 1420. The van der Waals surface area contributed by atoms with Crippen LogP contribution in [-0.2, 0) is 0 Å². The predicted octanol–water partition coefficient (Wildman–Crippen LogP) is 6.34. The number of aryl methyl sites for hydroxylation is 1. The standard InChI is InChI=1S/C31H32FN3O2/c1-20-16-24(31(36)37)18-34-30(20)35-15-14-23(28(19-35)27-11-5-6-13-29(27)32)17-33-21(2)25-12-7-9-22-8-3-4-10-26(22)25/h3-13,16,18,21,23,28,33H,14-15,17,19H2,1-2H3,(H,36,37). The fourth-order valence-electron chi connectivity index (χ4n) is 5.65. The van der Waals surface area contributed by atoms with Crippen molar-refractivity contribution in [2.75, 3.05) is 24.5 Å². The third kappa shape index (κ3) is 5.20. The van der Waals surface area contributed by atoms with E-state index in [9.17, 15) is 9.90 Å². The van der Waals surface area contributed by atoms with E-state index >= 15 is 4.39 Å². The van der Waals surface area contributed by atoms with Gasteiger partial charge in [0.25, 0.3) is 0 Å². The molecule has 1 saturated heterocycles. The van der Waals surface area contributed by atoms with Crippen molar-refractivity contribution in [3.05, 3.63) is 107 Å². The number of hydrogen-bond donors (Lipinski definition) is 2. The highest BCUT2D eigenvalue weighted by Gasteiger charge is 2.33. The Balaban J connectivity index is 1.38. The van der Waals surface area contributed by atoms with Crippen LogP contribution in [0.5, 0.6) is 0 Å². The van der Waals surface area contributed by atoms with Gasteiger partial charge in [-0.3, -0.25) is 0 Å². The van der Waals surface area contributed by atoms with Crippen LogP contribution < -0.4 is 10.2 Å². The molecule has 5 rings (SSSR count). The first-order chi connectivity index (χ1) is 17.9. The molecule has 1 aliphatic rings. The quantitative estimate of drug-likeness (QED) is 0.312. The number of anilines is 1. The second-order valence-corrected chi connectivity index (χ2v) is 9.99. The molecule has 37 heavy (non-hydrogen) atoms. The number of carboxylic acids is 1. The van der Waals surface area contributed by atoms with Crippen molar-refractivity contribution in [1.29, 1.82) is 0 Å². The molecular weight excluding hydrogens is 465 g/mol. The van der Waals surface area contributed by atoms with Gasteiger partial charge >= 0.3 is 5.97 Å². The summed E-state index contributed by atoms with van der Waals surface area (Å²) in [6, 6.07) is 23.7. The molecule has 0 aliphatic carbocycles. The van der Waals surface area contributed by atoms with Crippen molar-refractivity contribution >= 4 is 22.6 Å². The normalized spacial score (nSPS) is 18.6. The maximum atomic E-state index is 15.0. The zero-order chi connectivity index (χ0) is 25.9. The van der Waals surface area contributed by atoms with Crippen molar-refractivity contribution in [3.63, 3.8) is 0 Å². The Morgan fingerprint density at radius 2 is 1.89 bits per heavy atom. The van der Waals surface area contributed by atoms with Gasteiger partial charge in [0.05, 0.1) is 5.56 Å². The molecule has 0 bridgehead atoms. The van der Waals surface area contributed by atoms with Gasteiger partial charge in [-0.05, 0) is 72.3 Å². The van der Waals surface area contributed by atoms with Crippen LogP contribution in [0.25, 0.3) is 10.8 Å². The molecule has 6 heteroatoms. The van der Waals surface area contributed by atoms with E-state index in [1.165, 1.54) is 28.6 Å². The van der Waals surface area contributed by atoms with E-state index in [4.69, 9.17) is 0 Å². The summed E-state index contributed by atoms with van der Waals surface area (Å²) in [6.07, 6.45) is 2.28. The van der Waals surface area contributed by atoms with Crippen molar-refractivity contribution in [1.82, 2.24) is 10.3 Å². The number of carbonyl (C=O) groups is 1. The second-order valence-electron chi connectivity index (χ2n) is 9.99. The highest BCUT2D eigenvalue weighted by atomic mass is 19.1. The molecule has 4 aromatic rings. The minimum atomic E-state index is -0.989. The average molecular weight is 498 g/mol. The van der Waals surface area contributed by atoms with Gasteiger partial charge in [-0.2, -0.15) is 0 Å². The fraction of sp³-hybridized carbons (Fsp3) is 0.290. The van der Waals surface area contributed by atoms with Crippen molar-refractivity contribution < 1.29 is 14.3 Å². The number of rotatable bonds is 7. The van der Waals surface area contributed by atoms with Gasteiger partial charge in [-0.1, -0.05) is 60.7 Å². The van der Waals surface area contributed by atoms with Crippen LogP contribution in [0.3, 0.4) is 0 Å². The molecule has 1 fully saturated rings. The summed E-state index contributed by atoms with van der Waals surface area (Å²) in [5.74, 6) is -0.197. The van der Waals surface area contributed by atoms with Gasteiger partial charge in [0, 0.05) is 31.2 Å². The molecule has 0 amide bonds. The van der Waals surface area contributed by atoms with Crippen molar-refractivity contribution in [2.45, 2.75) is 32.2 Å². The zero-order valence-corrected chi connectivity index (χ0v) is 21.2. The molecule has 3 unspecified atom stereocenters. The number of halogens is 1. The van der Waals surface area contributed by atoms with Gasteiger partial charge in [0.15, 0.2) is 0 Å². The van der Waals surface area contributed by atoms with Gasteiger partial charge < -0.3 is 15.3 Å². The Labute approximate surface area is 217 Å². The molecule has 0 spiro atoms. The molecule has 2 heterocycles. The third-order valence-corrected chi connectivity index (χ3v) is 7.63. The van der Waals surface area contributed by atoms with Crippen LogP contribution in [0.1, 0.15) is 52.4 Å². The smallest absolute Gasteiger partial charge is 0.337 e. The summed E-state index contributed by atoms with van der Waals surface area (Å²) >= 11 is 0. The molecule has 1 aliphatic heterocycles. The minimum Gasteiger partial charge on any atom is -0.478 e. The highest BCUT2D eigenvalue weighted by molar-refractivity contribution is 5.88. The second kappa shape index (κ2) is 10.7. The monoisotopic (exact) mass is 497 g/mol. The average Bonchev–Trinajstić information content (AvgIpc) is 2.91. The van der Waals surface area contributed by atoms with E-state index in [0.717, 1.165) is 36.5 Å². The van der Waals surface area contributed by atoms with Gasteiger partial charge in [-0.15, -0.1) is 0 Å². The summed E-state index contributed by atoms with van der Waals surface area (Å²) < 4.78 is 15.0. The first kappa shape index (κ1) is 24.9. The largest absolute Gasteiger partial charge is 0.478 e. The Morgan fingerprint density at radius 3 is 2.68 bits per heavy atom. The number of benzene rings is 3. The van der Waals surface area contributed by atoms with Crippen LogP contribution in [0.2, 0.25) is 0 Å². The summed E-state index contributed by atoms with van der Waals surface area (Å²) in [4.78, 5) is 18.0. The summed E-state index contributed by atoms with van der Waals surface area (Å²) in [5, 5.41) is 15.5. The number of nitrogens with zero attached hydrogens (tertiary/aromatic N) is 2. The number of hydrogen-bond acceptors (Lipinski definition) is 4. The Hall–Kier alpha value is -3.77. The molecule has 1 aromatic heterocycles. The number of nitrogens with one attached hydrogen (secondary N) is 1. The van der Waals surface area contributed by atoms with Crippen LogP contribution in [-0.4, -0.2) is 35.7 Å².